The van der Waals surface area contributed by atoms with Crippen LogP contribution in [0.5, 0.6) is 5.75 Å². The molecule has 0 saturated carbocycles. The van der Waals surface area contributed by atoms with Crippen molar-refractivity contribution in [2.45, 2.75) is 32.7 Å². The van der Waals surface area contributed by atoms with Crippen LogP contribution in [0.15, 0.2) is 24.3 Å². The van der Waals surface area contributed by atoms with E-state index < -0.39 is 5.41 Å². The van der Waals surface area contributed by atoms with E-state index in [1.54, 1.807) is 6.92 Å². The van der Waals surface area contributed by atoms with Gasteiger partial charge in [0.2, 0.25) is 5.91 Å². The van der Waals surface area contributed by atoms with Crippen molar-refractivity contribution in [2.75, 3.05) is 6.61 Å². The summed E-state index contributed by atoms with van der Waals surface area (Å²) < 4.78 is 5.56. The first-order chi connectivity index (χ1) is 9.10. The number of hydrogen-bond acceptors (Lipinski definition) is 3. The number of fused-ring (bicyclic) bond motifs is 1. The first kappa shape index (κ1) is 13.4. The Labute approximate surface area is 113 Å². The Morgan fingerprint density at radius 1 is 1.58 bits per heavy atom. The van der Waals surface area contributed by atoms with E-state index in [1.807, 2.05) is 31.2 Å². The molecule has 0 aromatic heterocycles. The minimum atomic E-state index is -0.965. The third kappa shape index (κ3) is 2.55. The predicted octanol–water partition coefficient (Wildman–Crippen LogP) is 2.57. The molecule has 0 saturated heterocycles. The van der Waals surface area contributed by atoms with Crippen LogP contribution < -0.4 is 10.1 Å². The Hall–Kier alpha value is -2.02. The molecule has 1 amide bonds. The molecule has 19 heavy (non-hydrogen) atoms. The van der Waals surface area contributed by atoms with Crippen molar-refractivity contribution < 1.29 is 9.53 Å². The summed E-state index contributed by atoms with van der Waals surface area (Å²) in [5.41, 5.74) is 0.0197. The van der Waals surface area contributed by atoms with Gasteiger partial charge in [-0.2, -0.15) is 5.26 Å². The van der Waals surface area contributed by atoms with E-state index in [9.17, 15) is 4.79 Å². The highest BCUT2D eigenvalue weighted by Gasteiger charge is 2.34. The number of nitrogens with one attached hydrogen (secondary N) is 1. The molecular weight excluding hydrogens is 240 g/mol. The van der Waals surface area contributed by atoms with Gasteiger partial charge in [0.15, 0.2) is 0 Å². The van der Waals surface area contributed by atoms with Crippen LogP contribution in [0.2, 0.25) is 0 Å². The van der Waals surface area contributed by atoms with Gasteiger partial charge in [-0.25, -0.2) is 0 Å². The summed E-state index contributed by atoms with van der Waals surface area (Å²) >= 11 is 0. The quantitative estimate of drug-likeness (QED) is 0.906. The maximum absolute atomic E-state index is 12.2. The van der Waals surface area contributed by atoms with Crippen molar-refractivity contribution in [3.8, 4) is 11.8 Å². The highest BCUT2D eigenvalue weighted by Crippen LogP contribution is 2.32. The van der Waals surface area contributed by atoms with E-state index >= 15 is 0 Å². The number of hydrogen-bond donors (Lipinski definition) is 1. The molecular formula is C15H18N2O2. The van der Waals surface area contributed by atoms with Crippen molar-refractivity contribution in [1.29, 1.82) is 5.26 Å². The van der Waals surface area contributed by atoms with Gasteiger partial charge in [-0.3, -0.25) is 4.79 Å². The second-order valence-corrected chi connectivity index (χ2v) is 5.00. The Balaban J connectivity index is 2.18. The largest absolute Gasteiger partial charge is 0.493 e. The first-order valence-corrected chi connectivity index (χ1v) is 6.54. The van der Waals surface area contributed by atoms with E-state index in [1.165, 1.54) is 0 Å². The summed E-state index contributed by atoms with van der Waals surface area (Å²) in [7, 11) is 0. The number of amides is 1. The van der Waals surface area contributed by atoms with Gasteiger partial charge in [-0.15, -0.1) is 0 Å². The molecule has 2 atom stereocenters. The number of benzene rings is 1. The van der Waals surface area contributed by atoms with E-state index in [2.05, 4.69) is 11.4 Å². The van der Waals surface area contributed by atoms with Gasteiger partial charge < -0.3 is 10.1 Å². The lowest BCUT2D eigenvalue weighted by atomic mass is 9.87. The minimum absolute atomic E-state index is 0.0725. The van der Waals surface area contributed by atoms with Gasteiger partial charge in [-0.05, 0) is 19.4 Å². The zero-order valence-electron chi connectivity index (χ0n) is 11.3. The van der Waals surface area contributed by atoms with Gasteiger partial charge in [0.1, 0.15) is 11.2 Å². The molecule has 4 nitrogen and oxygen atoms in total. The highest BCUT2D eigenvalue weighted by atomic mass is 16.5. The maximum atomic E-state index is 12.2. The first-order valence-electron chi connectivity index (χ1n) is 6.54. The van der Waals surface area contributed by atoms with Crippen molar-refractivity contribution in [3.63, 3.8) is 0 Å². The number of para-hydroxylation sites is 1. The van der Waals surface area contributed by atoms with E-state index in [0.717, 1.165) is 17.7 Å². The molecule has 1 aromatic rings. The number of ether oxygens (including phenoxy) is 1. The van der Waals surface area contributed by atoms with Crippen LogP contribution in [-0.4, -0.2) is 12.5 Å². The van der Waals surface area contributed by atoms with E-state index in [-0.39, 0.29) is 11.9 Å². The molecule has 0 spiro atoms. The molecule has 0 aliphatic carbocycles. The summed E-state index contributed by atoms with van der Waals surface area (Å²) in [5, 5.41) is 12.1. The van der Waals surface area contributed by atoms with Crippen LogP contribution >= 0.6 is 0 Å². The lowest BCUT2D eigenvalue weighted by Gasteiger charge is -2.29. The molecule has 2 unspecified atom stereocenters. The normalized spacial score (nSPS) is 20.4. The summed E-state index contributed by atoms with van der Waals surface area (Å²) in [6, 6.07) is 9.72. The van der Waals surface area contributed by atoms with Crippen molar-refractivity contribution >= 4 is 5.91 Å². The molecule has 1 heterocycles. The molecule has 1 aromatic carbocycles. The molecule has 0 bridgehead atoms. The number of nitriles is 1. The van der Waals surface area contributed by atoms with Crippen LogP contribution in [-0.2, 0) is 4.79 Å². The van der Waals surface area contributed by atoms with Gasteiger partial charge >= 0.3 is 0 Å². The Morgan fingerprint density at radius 2 is 2.32 bits per heavy atom. The Kier molecular flexibility index (Phi) is 3.75. The SMILES string of the molecule is CCC(C)(C#N)C(=O)NC1CCOc2ccccc21. The smallest absolute Gasteiger partial charge is 0.240 e. The van der Waals surface area contributed by atoms with Gasteiger partial charge in [0, 0.05) is 12.0 Å². The van der Waals surface area contributed by atoms with Crippen molar-refractivity contribution in [2.24, 2.45) is 5.41 Å². The minimum Gasteiger partial charge on any atom is -0.493 e. The van der Waals surface area contributed by atoms with Crippen molar-refractivity contribution in [1.82, 2.24) is 5.32 Å². The van der Waals surface area contributed by atoms with Crippen LogP contribution in [0, 0.1) is 16.7 Å². The average Bonchev–Trinajstić information content (AvgIpc) is 2.46. The highest BCUT2D eigenvalue weighted by molar-refractivity contribution is 5.85. The maximum Gasteiger partial charge on any atom is 0.240 e. The van der Waals surface area contributed by atoms with E-state index in [0.29, 0.717) is 13.0 Å². The second-order valence-electron chi connectivity index (χ2n) is 5.00. The van der Waals surface area contributed by atoms with Gasteiger partial charge in [0.05, 0.1) is 18.7 Å². The van der Waals surface area contributed by atoms with Crippen LogP contribution in [0.25, 0.3) is 0 Å². The molecule has 1 aliphatic heterocycles. The summed E-state index contributed by atoms with van der Waals surface area (Å²) in [6.45, 7) is 4.10. The molecule has 0 radical (unpaired) electrons. The Bertz CT molecular complexity index is 521. The van der Waals surface area contributed by atoms with Gasteiger partial charge in [0.25, 0.3) is 0 Å². The molecule has 1 N–H and O–H groups in total. The number of nitrogens with zero attached hydrogens (tertiary/aromatic N) is 1. The third-order valence-electron chi connectivity index (χ3n) is 3.72. The monoisotopic (exact) mass is 258 g/mol. The molecule has 1 aliphatic rings. The molecule has 100 valence electrons. The molecule has 2 rings (SSSR count). The zero-order valence-corrected chi connectivity index (χ0v) is 11.3. The van der Waals surface area contributed by atoms with Crippen molar-refractivity contribution in [3.05, 3.63) is 29.8 Å². The summed E-state index contributed by atoms with van der Waals surface area (Å²) in [5.74, 6) is 0.605. The lowest BCUT2D eigenvalue weighted by Crippen LogP contribution is -2.41. The standard InChI is InChI=1S/C15H18N2O2/c1-3-15(2,10-16)14(18)17-12-8-9-19-13-7-5-4-6-11(12)13/h4-7,12H,3,8-9H2,1-2H3,(H,17,18). The number of carbonyl (C=O) groups is 1. The fraction of sp³-hybridized carbons (Fsp3) is 0.467. The molecule has 4 heteroatoms. The predicted molar refractivity (Wildman–Crippen MR) is 71.4 cm³/mol. The van der Waals surface area contributed by atoms with Crippen LogP contribution in [0.4, 0.5) is 0 Å². The third-order valence-corrected chi connectivity index (χ3v) is 3.72. The lowest BCUT2D eigenvalue weighted by molar-refractivity contribution is -0.128. The Morgan fingerprint density at radius 3 is 3.00 bits per heavy atom. The summed E-state index contributed by atoms with van der Waals surface area (Å²) in [6.07, 6.45) is 1.23. The average molecular weight is 258 g/mol. The number of carbonyl (C=O) groups excluding carboxylic acids is 1. The van der Waals surface area contributed by atoms with Crippen LogP contribution in [0.3, 0.4) is 0 Å². The topological polar surface area (TPSA) is 62.1 Å². The fourth-order valence-electron chi connectivity index (χ4n) is 2.10. The van der Waals surface area contributed by atoms with E-state index in [4.69, 9.17) is 10.00 Å². The number of rotatable bonds is 3. The second kappa shape index (κ2) is 5.31. The fourth-order valence-corrected chi connectivity index (χ4v) is 2.10. The summed E-state index contributed by atoms with van der Waals surface area (Å²) in [4.78, 5) is 12.2. The molecule has 0 fully saturated rings. The van der Waals surface area contributed by atoms with Gasteiger partial charge in [-0.1, -0.05) is 25.1 Å². The zero-order chi connectivity index (χ0) is 13.9. The van der Waals surface area contributed by atoms with Crippen LogP contribution in [0.1, 0.15) is 38.3 Å².